The maximum atomic E-state index is 13.8. The summed E-state index contributed by atoms with van der Waals surface area (Å²) in [7, 11) is 6.67. The molecule has 0 aromatic heterocycles. The molecule has 3 aromatic carbocycles. The number of amides is 1. The average Bonchev–Trinajstić information content (AvgIpc) is 2.99. The number of likely N-dealkylation sites (N-methyl/N-ethyl adjacent to an activating group) is 2. The first-order valence-electron chi connectivity index (χ1n) is 16.8. The van der Waals surface area contributed by atoms with Crippen LogP contribution in [0.25, 0.3) is 10.8 Å². The highest BCUT2D eigenvalue weighted by atomic mass is 16.2. The van der Waals surface area contributed by atoms with Crippen LogP contribution in [-0.4, -0.2) is 122 Å². The van der Waals surface area contributed by atoms with E-state index in [1.54, 1.807) is 0 Å². The fraction of sp³-hybridized carbons (Fsp3) is 0.553. The summed E-state index contributed by atoms with van der Waals surface area (Å²) in [6, 6.07) is 22.8. The standard InChI is InChI=1S/C38H55N5O/c1-29-13-15-34(30(2)22-29)25-37(39(4)5)27-42-26-31(3)43(28-36(42)12-9-17-41-20-18-40(6)19-21-41)38(44)24-32-14-16-33-10-7-8-11-35(33)23-32/h7-8,10-11,13-16,22-23,31,36-37H,9,12,17-21,24-28H2,1-6H3/t31-,36+,37-/m1/s1. The highest BCUT2D eigenvalue weighted by Gasteiger charge is 2.35. The number of hydrogen-bond donors (Lipinski definition) is 0. The van der Waals surface area contributed by atoms with Crippen molar-refractivity contribution >= 4 is 16.7 Å². The van der Waals surface area contributed by atoms with Crippen molar-refractivity contribution in [3.8, 4) is 0 Å². The molecule has 0 saturated carbocycles. The molecule has 2 fully saturated rings. The molecular formula is C38H55N5O. The summed E-state index contributed by atoms with van der Waals surface area (Å²) in [5.74, 6) is 0.260. The van der Waals surface area contributed by atoms with Crippen LogP contribution in [0, 0.1) is 13.8 Å². The van der Waals surface area contributed by atoms with Crippen molar-refractivity contribution in [3.63, 3.8) is 0 Å². The third-order valence-corrected chi connectivity index (χ3v) is 10.2. The first-order valence-corrected chi connectivity index (χ1v) is 16.8. The Morgan fingerprint density at radius 2 is 1.68 bits per heavy atom. The van der Waals surface area contributed by atoms with E-state index in [1.165, 1.54) is 33.9 Å². The summed E-state index contributed by atoms with van der Waals surface area (Å²) in [4.78, 5) is 26.2. The van der Waals surface area contributed by atoms with E-state index in [0.717, 1.165) is 70.8 Å². The first kappa shape index (κ1) is 32.6. The van der Waals surface area contributed by atoms with Gasteiger partial charge in [-0.3, -0.25) is 9.69 Å². The number of fused-ring (bicyclic) bond motifs is 1. The number of piperazine rings is 2. The van der Waals surface area contributed by atoms with Gasteiger partial charge in [0.2, 0.25) is 5.91 Å². The van der Waals surface area contributed by atoms with Crippen molar-refractivity contribution in [2.24, 2.45) is 0 Å². The van der Waals surface area contributed by atoms with Gasteiger partial charge in [0.1, 0.15) is 0 Å². The van der Waals surface area contributed by atoms with Crippen LogP contribution in [0.2, 0.25) is 0 Å². The maximum Gasteiger partial charge on any atom is 0.227 e. The molecule has 0 unspecified atom stereocenters. The minimum Gasteiger partial charge on any atom is -0.337 e. The highest BCUT2D eigenvalue weighted by molar-refractivity contribution is 5.85. The molecule has 44 heavy (non-hydrogen) atoms. The second kappa shape index (κ2) is 15.0. The summed E-state index contributed by atoms with van der Waals surface area (Å²) in [6.45, 7) is 15.2. The van der Waals surface area contributed by atoms with Gasteiger partial charge in [-0.15, -0.1) is 0 Å². The number of carbonyl (C=O) groups is 1. The number of rotatable bonds is 11. The Hall–Kier alpha value is -2.77. The second-order valence-electron chi connectivity index (χ2n) is 13.9. The highest BCUT2D eigenvalue weighted by Crippen LogP contribution is 2.24. The van der Waals surface area contributed by atoms with Crippen molar-refractivity contribution in [1.29, 1.82) is 0 Å². The lowest BCUT2D eigenvalue weighted by molar-refractivity contribution is -0.137. The van der Waals surface area contributed by atoms with E-state index in [4.69, 9.17) is 0 Å². The number of carbonyl (C=O) groups excluding carboxylic acids is 1. The van der Waals surface area contributed by atoms with Crippen LogP contribution in [0.5, 0.6) is 0 Å². The maximum absolute atomic E-state index is 13.8. The van der Waals surface area contributed by atoms with Crippen LogP contribution in [-0.2, 0) is 17.6 Å². The molecular weight excluding hydrogens is 542 g/mol. The molecule has 2 aliphatic heterocycles. The zero-order chi connectivity index (χ0) is 31.2. The molecule has 3 atom stereocenters. The molecule has 0 N–H and O–H groups in total. The number of aryl methyl sites for hydroxylation is 2. The van der Waals surface area contributed by atoms with Crippen molar-refractivity contribution in [3.05, 3.63) is 82.9 Å². The van der Waals surface area contributed by atoms with E-state index in [2.05, 4.69) is 127 Å². The fourth-order valence-corrected chi connectivity index (χ4v) is 7.21. The monoisotopic (exact) mass is 597 g/mol. The SMILES string of the molecule is Cc1ccc(C[C@H](CN2C[C@@H](C)N(C(=O)Cc3ccc4ccccc4c3)C[C@@H]2CCCN2CCN(C)CC2)N(C)C)c(C)c1. The van der Waals surface area contributed by atoms with E-state index in [-0.39, 0.29) is 11.9 Å². The Balaban J connectivity index is 1.28. The van der Waals surface area contributed by atoms with E-state index in [0.29, 0.717) is 18.5 Å². The fourth-order valence-electron chi connectivity index (χ4n) is 7.21. The number of benzene rings is 3. The number of hydrogen-bond acceptors (Lipinski definition) is 5. The van der Waals surface area contributed by atoms with Gasteiger partial charge >= 0.3 is 0 Å². The molecule has 0 radical (unpaired) electrons. The quantitative estimate of drug-likeness (QED) is 0.307. The van der Waals surface area contributed by atoms with Crippen molar-refractivity contribution in [1.82, 2.24) is 24.5 Å². The van der Waals surface area contributed by atoms with Crippen LogP contribution in [0.1, 0.15) is 42.0 Å². The predicted octanol–water partition coefficient (Wildman–Crippen LogP) is 5.10. The Bertz CT molecular complexity index is 1380. The van der Waals surface area contributed by atoms with Gasteiger partial charge in [0, 0.05) is 63.9 Å². The minimum absolute atomic E-state index is 0.195. The van der Waals surface area contributed by atoms with Gasteiger partial charge in [-0.25, -0.2) is 0 Å². The molecule has 0 aliphatic carbocycles. The lowest BCUT2D eigenvalue weighted by Crippen LogP contribution is -2.61. The normalized spacial score (nSPS) is 21.3. The molecule has 2 saturated heterocycles. The van der Waals surface area contributed by atoms with Gasteiger partial charge < -0.3 is 19.6 Å². The van der Waals surface area contributed by atoms with Gasteiger partial charge in [-0.1, -0.05) is 66.2 Å². The zero-order valence-electron chi connectivity index (χ0n) is 28.1. The Kier molecular flexibility index (Phi) is 11.1. The van der Waals surface area contributed by atoms with Gasteiger partial charge in [-0.2, -0.15) is 0 Å². The largest absolute Gasteiger partial charge is 0.337 e. The summed E-state index contributed by atoms with van der Waals surface area (Å²) < 4.78 is 0. The molecule has 0 bridgehead atoms. The Morgan fingerprint density at radius 1 is 0.932 bits per heavy atom. The predicted molar refractivity (Wildman–Crippen MR) is 184 cm³/mol. The van der Waals surface area contributed by atoms with Crippen LogP contribution >= 0.6 is 0 Å². The molecule has 3 aromatic rings. The van der Waals surface area contributed by atoms with E-state index < -0.39 is 0 Å². The van der Waals surface area contributed by atoms with E-state index >= 15 is 0 Å². The summed E-state index contributed by atoms with van der Waals surface area (Å²) in [5.41, 5.74) is 5.26. The van der Waals surface area contributed by atoms with Gasteiger partial charge in [0.15, 0.2) is 0 Å². The molecule has 1 amide bonds. The van der Waals surface area contributed by atoms with Crippen LogP contribution in [0.3, 0.4) is 0 Å². The van der Waals surface area contributed by atoms with E-state index in [9.17, 15) is 4.79 Å². The average molecular weight is 598 g/mol. The van der Waals surface area contributed by atoms with Crippen molar-refractivity contribution in [2.75, 3.05) is 73.5 Å². The summed E-state index contributed by atoms with van der Waals surface area (Å²) in [6.07, 6.45) is 3.82. The zero-order valence-corrected chi connectivity index (χ0v) is 28.1. The van der Waals surface area contributed by atoms with Crippen LogP contribution < -0.4 is 0 Å². The minimum atomic E-state index is 0.195. The van der Waals surface area contributed by atoms with Crippen LogP contribution in [0.4, 0.5) is 0 Å². The second-order valence-corrected chi connectivity index (χ2v) is 13.9. The topological polar surface area (TPSA) is 33.3 Å². The van der Waals surface area contributed by atoms with Crippen molar-refractivity contribution < 1.29 is 4.79 Å². The third-order valence-electron chi connectivity index (χ3n) is 10.2. The number of nitrogens with zero attached hydrogens (tertiary/aromatic N) is 5. The lowest BCUT2D eigenvalue weighted by atomic mass is 9.96. The Labute approximate surface area is 266 Å². The van der Waals surface area contributed by atoms with E-state index in [1.807, 2.05) is 0 Å². The van der Waals surface area contributed by atoms with Gasteiger partial charge in [0.05, 0.1) is 6.42 Å². The molecule has 6 heteroatoms. The molecule has 2 heterocycles. The van der Waals surface area contributed by atoms with Crippen molar-refractivity contribution in [2.45, 2.75) is 64.6 Å². The third kappa shape index (κ3) is 8.48. The molecule has 0 spiro atoms. The lowest BCUT2D eigenvalue weighted by Gasteiger charge is -2.47. The Morgan fingerprint density at radius 3 is 2.41 bits per heavy atom. The molecule has 2 aliphatic rings. The first-order chi connectivity index (χ1) is 21.2. The van der Waals surface area contributed by atoms with Crippen LogP contribution in [0.15, 0.2) is 60.7 Å². The van der Waals surface area contributed by atoms with Gasteiger partial charge in [-0.05, 0) is 95.2 Å². The molecule has 6 nitrogen and oxygen atoms in total. The molecule has 238 valence electrons. The summed E-state index contributed by atoms with van der Waals surface area (Å²) >= 11 is 0. The smallest absolute Gasteiger partial charge is 0.227 e. The van der Waals surface area contributed by atoms with Gasteiger partial charge in [0.25, 0.3) is 0 Å². The molecule has 5 rings (SSSR count). The summed E-state index contributed by atoms with van der Waals surface area (Å²) in [5, 5.41) is 2.43.